The molecule has 2 aromatic rings. The monoisotopic (exact) mass is 369 g/mol. The number of nitrogens with one attached hydrogen (secondary N) is 1. The third kappa shape index (κ3) is 4.17. The highest BCUT2D eigenvalue weighted by molar-refractivity contribution is 9.10. The van der Waals surface area contributed by atoms with Crippen molar-refractivity contribution in [1.82, 2.24) is 9.97 Å². The van der Waals surface area contributed by atoms with Gasteiger partial charge < -0.3 is 5.32 Å². The van der Waals surface area contributed by atoms with E-state index in [-0.39, 0.29) is 5.82 Å². The van der Waals surface area contributed by atoms with Crippen molar-refractivity contribution in [2.75, 3.05) is 11.9 Å². The summed E-state index contributed by atoms with van der Waals surface area (Å²) in [4.78, 5) is 9.66. The lowest BCUT2D eigenvalue weighted by atomic mass is 10.3. The summed E-state index contributed by atoms with van der Waals surface area (Å²) in [6.45, 7) is 4.86. The van der Waals surface area contributed by atoms with Crippen molar-refractivity contribution < 1.29 is 4.39 Å². The van der Waals surface area contributed by atoms with Gasteiger partial charge in [-0.05, 0) is 41.4 Å². The van der Waals surface area contributed by atoms with E-state index in [9.17, 15) is 4.39 Å². The SMILES string of the molecule is CCNc1nc(CSc2ccccc2F)nc(CC)c1Br. The average molecular weight is 370 g/mol. The molecule has 21 heavy (non-hydrogen) atoms. The molecule has 1 N–H and O–H groups in total. The maximum Gasteiger partial charge on any atom is 0.144 e. The number of benzene rings is 1. The third-order valence-electron chi connectivity index (χ3n) is 2.84. The van der Waals surface area contributed by atoms with E-state index in [1.54, 1.807) is 12.1 Å². The van der Waals surface area contributed by atoms with Gasteiger partial charge in [-0.15, -0.1) is 11.8 Å². The van der Waals surface area contributed by atoms with Gasteiger partial charge in [-0.25, -0.2) is 14.4 Å². The smallest absolute Gasteiger partial charge is 0.144 e. The first-order valence-corrected chi connectivity index (χ1v) is 8.60. The lowest BCUT2D eigenvalue weighted by Gasteiger charge is -2.11. The van der Waals surface area contributed by atoms with Gasteiger partial charge in [0.15, 0.2) is 0 Å². The second kappa shape index (κ2) is 7.75. The molecule has 0 spiro atoms. The topological polar surface area (TPSA) is 37.8 Å². The van der Waals surface area contributed by atoms with Crippen LogP contribution in [0.25, 0.3) is 0 Å². The van der Waals surface area contributed by atoms with Gasteiger partial charge in [-0.2, -0.15) is 0 Å². The van der Waals surface area contributed by atoms with Crippen LogP contribution in [0.3, 0.4) is 0 Å². The lowest BCUT2D eigenvalue weighted by molar-refractivity contribution is 0.602. The van der Waals surface area contributed by atoms with E-state index in [0.29, 0.717) is 16.5 Å². The molecule has 0 radical (unpaired) electrons. The van der Waals surface area contributed by atoms with Gasteiger partial charge in [0.05, 0.1) is 15.9 Å². The Morgan fingerprint density at radius 2 is 2.00 bits per heavy atom. The molecule has 0 aliphatic heterocycles. The number of thioether (sulfide) groups is 1. The Balaban J connectivity index is 2.20. The molecule has 1 aromatic carbocycles. The minimum Gasteiger partial charge on any atom is -0.369 e. The molecule has 6 heteroatoms. The summed E-state index contributed by atoms with van der Waals surface area (Å²) < 4.78 is 14.5. The number of aryl methyl sites for hydroxylation is 1. The molecule has 0 amide bonds. The molecule has 0 unspecified atom stereocenters. The normalized spacial score (nSPS) is 10.7. The summed E-state index contributed by atoms with van der Waals surface area (Å²) >= 11 is 4.94. The number of hydrogen-bond donors (Lipinski definition) is 1. The van der Waals surface area contributed by atoms with Crippen LogP contribution >= 0.6 is 27.7 Å². The van der Waals surface area contributed by atoms with Crippen molar-refractivity contribution in [2.24, 2.45) is 0 Å². The van der Waals surface area contributed by atoms with Gasteiger partial charge in [0.25, 0.3) is 0 Å². The van der Waals surface area contributed by atoms with Gasteiger partial charge in [0.2, 0.25) is 0 Å². The number of halogens is 2. The largest absolute Gasteiger partial charge is 0.369 e. The van der Waals surface area contributed by atoms with Crippen LogP contribution in [0.2, 0.25) is 0 Å². The zero-order valence-electron chi connectivity index (χ0n) is 12.0. The van der Waals surface area contributed by atoms with Gasteiger partial charge in [-0.3, -0.25) is 0 Å². The fourth-order valence-corrected chi connectivity index (χ4v) is 3.22. The Bertz CT molecular complexity index is 622. The van der Waals surface area contributed by atoms with Crippen molar-refractivity contribution in [3.63, 3.8) is 0 Å². The fourth-order valence-electron chi connectivity index (χ4n) is 1.83. The average Bonchev–Trinajstić information content (AvgIpc) is 2.49. The molecule has 0 saturated heterocycles. The summed E-state index contributed by atoms with van der Waals surface area (Å²) in [6.07, 6.45) is 0.818. The highest BCUT2D eigenvalue weighted by atomic mass is 79.9. The first-order chi connectivity index (χ1) is 10.2. The summed E-state index contributed by atoms with van der Waals surface area (Å²) in [5.41, 5.74) is 0.963. The Morgan fingerprint density at radius 3 is 2.67 bits per heavy atom. The number of aromatic nitrogens is 2. The number of nitrogens with zero attached hydrogens (tertiary/aromatic N) is 2. The van der Waals surface area contributed by atoms with Crippen molar-refractivity contribution in [2.45, 2.75) is 30.9 Å². The molecule has 0 saturated carbocycles. The van der Waals surface area contributed by atoms with Crippen LogP contribution in [-0.4, -0.2) is 16.5 Å². The number of anilines is 1. The van der Waals surface area contributed by atoms with Crippen molar-refractivity contribution >= 4 is 33.5 Å². The molecule has 0 bridgehead atoms. The molecule has 0 aliphatic carbocycles. The standard InChI is InChI=1S/C15H17BrFN3S/c1-3-11-14(16)15(18-4-2)20-13(19-11)9-21-12-8-6-5-7-10(12)17/h5-8H,3-4,9H2,1-2H3,(H,18,19,20). The van der Waals surface area contributed by atoms with E-state index in [2.05, 4.69) is 38.1 Å². The second-order valence-corrected chi connectivity index (χ2v) is 6.16. The van der Waals surface area contributed by atoms with Crippen LogP contribution in [-0.2, 0) is 12.2 Å². The van der Waals surface area contributed by atoms with Crippen LogP contribution in [0.4, 0.5) is 10.2 Å². The number of hydrogen-bond acceptors (Lipinski definition) is 4. The lowest BCUT2D eigenvalue weighted by Crippen LogP contribution is -2.07. The first-order valence-electron chi connectivity index (χ1n) is 6.82. The molecule has 112 valence electrons. The quantitative estimate of drug-likeness (QED) is 0.751. The highest BCUT2D eigenvalue weighted by Crippen LogP contribution is 2.28. The van der Waals surface area contributed by atoms with Gasteiger partial charge in [0, 0.05) is 11.4 Å². The van der Waals surface area contributed by atoms with Crippen LogP contribution in [0.1, 0.15) is 25.4 Å². The van der Waals surface area contributed by atoms with Crippen LogP contribution in [0, 0.1) is 5.82 Å². The van der Waals surface area contributed by atoms with Crippen LogP contribution < -0.4 is 5.32 Å². The van der Waals surface area contributed by atoms with Crippen molar-refractivity contribution in [1.29, 1.82) is 0 Å². The minimum atomic E-state index is -0.206. The van der Waals surface area contributed by atoms with Crippen LogP contribution in [0.15, 0.2) is 33.6 Å². The van der Waals surface area contributed by atoms with E-state index < -0.39 is 0 Å². The molecule has 3 nitrogen and oxygen atoms in total. The van der Waals surface area contributed by atoms with Gasteiger partial charge >= 0.3 is 0 Å². The van der Waals surface area contributed by atoms with E-state index in [1.807, 2.05) is 13.0 Å². The molecule has 2 rings (SSSR count). The second-order valence-electron chi connectivity index (χ2n) is 4.35. The third-order valence-corrected chi connectivity index (χ3v) is 4.72. The Hall–Kier alpha value is -1.14. The predicted molar refractivity (Wildman–Crippen MR) is 89.2 cm³/mol. The number of rotatable bonds is 6. The highest BCUT2D eigenvalue weighted by Gasteiger charge is 2.11. The fraction of sp³-hybridized carbons (Fsp3) is 0.333. The van der Waals surface area contributed by atoms with E-state index in [4.69, 9.17) is 0 Å². The predicted octanol–water partition coefficient (Wildman–Crippen LogP) is 4.66. The first kappa shape index (κ1) is 16.2. The zero-order valence-corrected chi connectivity index (χ0v) is 14.4. The van der Waals surface area contributed by atoms with E-state index in [0.717, 1.165) is 29.0 Å². The molecular weight excluding hydrogens is 353 g/mol. The molecule has 1 aromatic heterocycles. The summed E-state index contributed by atoms with van der Waals surface area (Å²) in [6, 6.07) is 6.75. The summed E-state index contributed by atoms with van der Waals surface area (Å²) in [5.74, 6) is 1.84. The van der Waals surface area contributed by atoms with E-state index in [1.165, 1.54) is 17.8 Å². The Labute approximate surface area is 136 Å². The molecular formula is C15H17BrFN3S. The maximum absolute atomic E-state index is 13.6. The van der Waals surface area contributed by atoms with Gasteiger partial charge in [-0.1, -0.05) is 19.1 Å². The molecule has 1 heterocycles. The maximum atomic E-state index is 13.6. The van der Waals surface area contributed by atoms with Crippen LogP contribution in [0.5, 0.6) is 0 Å². The summed E-state index contributed by atoms with van der Waals surface area (Å²) in [5, 5.41) is 3.22. The summed E-state index contributed by atoms with van der Waals surface area (Å²) in [7, 11) is 0. The van der Waals surface area contributed by atoms with Crippen molar-refractivity contribution in [3.05, 3.63) is 46.1 Å². The minimum absolute atomic E-state index is 0.206. The zero-order chi connectivity index (χ0) is 15.2. The molecule has 0 atom stereocenters. The van der Waals surface area contributed by atoms with E-state index >= 15 is 0 Å². The van der Waals surface area contributed by atoms with Crippen molar-refractivity contribution in [3.8, 4) is 0 Å². The Morgan fingerprint density at radius 1 is 1.24 bits per heavy atom. The Kier molecular flexibility index (Phi) is 5.99. The molecule has 0 aliphatic rings. The van der Waals surface area contributed by atoms with Gasteiger partial charge in [0.1, 0.15) is 17.5 Å². The molecule has 0 fully saturated rings.